The molecule has 0 unspecified atom stereocenters. The van der Waals surface area contributed by atoms with Crippen molar-refractivity contribution >= 4 is 29.6 Å². The monoisotopic (exact) mass is 344 g/mol. The number of carbonyl (C=O) groups is 2. The predicted molar refractivity (Wildman–Crippen MR) is 87.7 cm³/mol. The third kappa shape index (κ3) is 3.65. The second-order valence-electron chi connectivity index (χ2n) is 4.66. The standard InChI is InChI=1S/C17H13ClN2O4/c1-23-16(21)12(9-19)7-11-8-15(17(22)24-2)20(10-11)14-5-3-13(18)4-6-14/h3-8,10H,1-2H3. The van der Waals surface area contributed by atoms with E-state index in [1.54, 1.807) is 41.1 Å². The number of esters is 2. The minimum Gasteiger partial charge on any atom is -0.465 e. The van der Waals surface area contributed by atoms with E-state index < -0.39 is 11.9 Å². The van der Waals surface area contributed by atoms with Crippen LogP contribution in [0.4, 0.5) is 0 Å². The molecule has 0 aliphatic rings. The van der Waals surface area contributed by atoms with Gasteiger partial charge in [-0.15, -0.1) is 0 Å². The van der Waals surface area contributed by atoms with Crippen LogP contribution in [0.2, 0.25) is 5.02 Å². The van der Waals surface area contributed by atoms with E-state index in [1.165, 1.54) is 26.4 Å². The molecule has 1 heterocycles. The zero-order chi connectivity index (χ0) is 17.7. The highest BCUT2D eigenvalue weighted by molar-refractivity contribution is 6.30. The molecule has 1 aromatic heterocycles. The molecular weight excluding hydrogens is 332 g/mol. The highest BCUT2D eigenvalue weighted by Gasteiger charge is 2.16. The van der Waals surface area contributed by atoms with Crippen molar-refractivity contribution in [3.63, 3.8) is 0 Å². The Hall–Kier alpha value is -3.04. The number of rotatable bonds is 4. The molecule has 0 saturated carbocycles. The number of hydrogen-bond acceptors (Lipinski definition) is 5. The SMILES string of the molecule is COC(=O)C(C#N)=Cc1cc(C(=O)OC)n(-c2ccc(Cl)cc2)c1. The Kier molecular flexibility index (Phi) is 5.40. The summed E-state index contributed by atoms with van der Waals surface area (Å²) < 4.78 is 10.9. The Balaban J connectivity index is 2.55. The third-order valence-corrected chi connectivity index (χ3v) is 3.43. The molecular formula is C17H13ClN2O4. The maximum absolute atomic E-state index is 12.0. The summed E-state index contributed by atoms with van der Waals surface area (Å²) in [6, 6.07) is 10.1. The maximum atomic E-state index is 12.0. The lowest BCUT2D eigenvalue weighted by atomic mass is 10.2. The van der Waals surface area contributed by atoms with Crippen LogP contribution in [0.5, 0.6) is 0 Å². The van der Waals surface area contributed by atoms with Crippen molar-refractivity contribution < 1.29 is 19.1 Å². The second kappa shape index (κ2) is 7.49. The van der Waals surface area contributed by atoms with E-state index in [0.29, 0.717) is 16.3 Å². The zero-order valence-corrected chi connectivity index (χ0v) is 13.7. The molecule has 2 aromatic rings. The first kappa shape index (κ1) is 17.3. The first-order chi connectivity index (χ1) is 11.5. The number of benzene rings is 1. The van der Waals surface area contributed by atoms with E-state index in [-0.39, 0.29) is 11.3 Å². The van der Waals surface area contributed by atoms with Gasteiger partial charge in [0.2, 0.25) is 0 Å². The molecule has 6 nitrogen and oxygen atoms in total. The van der Waals surface area contributed by atoms with Gasteiger partial charge in [0.25, 0.3) is 0 Å². The fourth-order valence-electron chi connectivity index (χ4n) is 2.05. The van der Waals surface area contributed by atoms with Gasteiger partial charge < -0.3 is 14.0 Å². The predicted octanol–water partition coefficient (Wildman–Crippen LogP) is 3.00. The van der Waals surface area contributed by atoms with E-state index in [2.05, 4.69) is 4.74 Å². The number of carbonyl (C=O) groups excluding carboxylic acids is 2. The number of nitrogens with zero attached hydrogens (tertiary/aromatic N) is 2. The summed E-state index contributed by atoms with van der Waals surface area (Å²) in [7, 11) is 2.46. The van der Waals surface area contributed by atoms with Gasteiger partial charge in [-0.2, -0.15) is 5.26 Å². The molecule has 0 aliphatic heterocycles. The smallest absolute Gasteiger partial charge is 0.355 e. The van der Waals surface area contributed by atoms with Crippen LogP contribution in [0.3, 0.4) is 0 Å². The fraction of sp³-hybridized carbons (Fsp3) is 0.118. The van der Waals surface area contributed by atoms with Crippen LogP contribution >= 0.6 is 11.6 Å². The molecule has 122 valence electrons. The minimum absolute atomic E-state index is 0.179. The van der Waals surface area contributed by atoms with E-state index in [4.69, 9.17) is 21.6 Å². The topological polar surface area (TPSA) is 81.3 Å². The maximum Gasteiger partial charge on any atom is 0.355 e. The molecule has 0 N–H and O–H groups in total. The first-order valence-corrected chi connectivity index (χ1v) is 7.14. The Bertz CT molecular complexity index is 844. The van der Waals surface area contributed by atoms with Gasteiger partial charge in [-0.1, -0.05) is 11.6 Å². The molecule has 7 heteroatoms. The molecule has 24 heavy (non-hydrogen) atoms. The average molecular weight is 345 g/mol. The van der Waals surface area contributed by atoms with E-state index in [9.17, 15) is 9.59 Å². The van der Waals surface area contributed by atoms with Gasteiger partial charge >= 0.3 is 11.9 Å². The van der Waals surface area contributed by atoms with E-state index >= 15 is 0 Å². The van der Waals surface area contributed by atoms with Gasteiger partial charge in [-0.25, -0.2) is 9.59 Å². The molecule has 0 spiro atoms. The van der Waals surface area contributed by atoms with Crippen molar-refractivity contribution in [2.75, 3.05) is 14.2 Å². The number of ether oxygens (including phenoxy) is 2. The highest BCUT2D eigenvalue weighted by Crippen LogP contribution is 2.21. The molecule has 0 bridgehead atoms. The van der Waals surface area contributed by atoms with Crippen molar-refractivity contribution in [2.45, 2.75) is 0 Å². The Morgan fingerprint density at radius 1 is 1.21 bits per heavy atom. The van der Waals surface area contributed by atoms with Crippen LogP contribution in [-0.4, -0.2) is 30.7 Å². The van der Waals surface area contributed by atoms with Crippen LogP contribution in [0, 0.1) is 11.3 Å². The molecule has 0 radical (unpaired) electrons. The average Bonchev–Trinajstić information content (AvgIpc) is 3.02. The summed E-state index contributed by atoms with van der Waals surface area (Å²) in [5.41, 5.74) is 1.22. The molecule has 1 aromatic carbocycles. The van der Waals surface area contributed by atoms with Gasteiger partial charge in [-0.05, 0) is 42.0 Å². The van der Waals surface area contributed by atoms with Crippen molar-refractivity contribution in [1.82, 2.24) is 4.57 Å². The van der Waals surface area contributed by atoms with Crippen molar-refractivity contribution in [2.24, 2.45) is 0 Å². The second-order valence-corrected chi connectivity index (χ2v) is 5.09. The van der Waals surface area contributed by atoms with Gasteiger partial charge in [0.15, 0.2) is 0 Å². The first-order valence-electron chi connectivity index (χ1n) is 6.77. The highest BCUT2D eigenvalue weighted by atomic mass is 35.5. The summed E-state index contributed by atoms with van der Waals surface area (Å²) in [4.78, 5) is 23.5. The number of methoxy groups -OCH3 is 2. The largest absolute Gasteiger partial charge is 0.465 e. The summed E-state index contributed by atoms with van der Waals surface area (Å²) in [6.45, 7) is 0. The number of nitriles is 1. The third-order valence-electron chi connectivity index (χ3n) is 3.18. The normalized spacial score (nSPS) is 10.8. The van der Waals surface area contributed by atoms with E-state index in [1.807, 2.05) is 0 Å². The van der Waals surface area contributed by atoms with Crippen LogP contribution in [-0.2, 0) is 14.3 Å². The number of hydrogen-bond donors (Lipinski definition) is 0. The summed E-state index contributed by atoms with van der Waals surface area (Å²) in [5, 5.41) is 9.59. The van der Waals surface area contributed by atoms with Crippen molar-refractivity contribution in [1.29, 1.82) is 5.26 Å². The van der Waals surface area contributed by atoms with Gasteiger partial charge in [0, 0.05) is 16.9 Å². The lowest BCUT2D eigenvalue weighted by Gasteiger charge is -2.07. The van der Waals surface area contributed by atoms with Gasteiger partial charge in [-0.3, -0.25) is 0 Å². The molecule has 0 atom stereocenters. The summed E-state index contributed by atoms with van der Waals surface area (Å²) in [6.07, 6.45) is 2.94. The lowest BCUT2D eigenvalue weighted by Crippen LogP contribution is -2.08. The van der Waals surface area contributed by atoms with Crippen molar-refractivity contribution in [3.8, 4) is 11.8 Å². The molecule has 2 rings (SSSR count). The minimum atomic E-state index is -0.753. The van der Waals surface area contributed by atoms with Gasteiger partial charge in [0.05, 0.1) is 14.2 Å². The lowest BCUT2D eigenvalue weighted by molar-refractivity contribution is -0.135. The molecule has 0 aliphatic carbocycles. The Morgan fingerprint density at radius 3 is 2.42 bits per heavy atom. The fourth-order valence-corrected chi connectivity index (χ4v) is 2.18. The molecule has 0 saturated heterocycles. The van der Waals surface area contributed by atoms with Gasteiger partial charge in [0.1, 0.15) is 17.3 Å². The van der Waals surface area contributed by atoms with Crippen LogP contribution in [0.1, 0.15) is 16.1 Å². The molecule has 0 amide bonds. The van der Waals surface area contributed by atoms with Crippen molar-refractivity contribution in [3.05, 3.63) is 58.4 Å². The quantitative estimate of drug-likeness (QED) is 0.484. The Labute approximate surface area is 143 Å². The van der Waals surface area contributed by atoms with Crippen LogP contribution in [0.25, 0.3) is 11.8 Å². The van der Waals surface area contributed by atoms with Crippen LogP contribution in [0.15, 0.2) is 42.1 Å². The van der Waals surface area contributed by atoms with E-state index in [0.717, 1.165) is 0 Å². The summed E-state index contributed by atoms with van der Waals surface area (Å²) in [5.74, 6) is -1.31. The van der Waals surface area contributed by atoms with Crippen LogP contribution < -0.4 is 0 Å². The number of aromatic nitrogens is 1. The zero-order valence-electron chi connectivity index (χ0n) is 12.9. The molecule has 0 fully saturated rings. The number of halogens is 1. The summed E-state index contributed by atoms with van der Waals surface area (Å²) >= 11 is 5.87. The Morgan fingerprint density at radius 2 is 1.88 bits per heavy atom.